The highest BCUT2D eigenvalue weighted by atomic mass is 32.2. The molecule has 0 spiro atoms. The van der Waals surface area contributed by atoms with Gasteiger partial charge in [0.05, 0.1) is 12.4 Å². The maximum atomic E-state index is 11.9. The lowest BCUT2D eigenvalue weighted by molar-refractivity contribution is 0.317. The van der Waals surface area contributed by atoms with Crippen LogP contribution in [0.15, 0.2) is 24.3 Å². The Labute approximate surface area is 128 Å². The molecule has 0 saturated carbocycles. The molecule has 0 amide bonds. The molecule has 0 unspecified atom stereocenters. The van der Waals surface area contributed by atoms with E-state index in [1.54, 1.807) is 24.3 Å². The fraction of sp³-hybridized carbons (Fsp3) is 0.600. The molecular formula is C15H26N2O3S. The molecule has 5 nitrogen and oxygen atoms in total. The molecule has 0 heterocycles. The van der Waals surface area contributed by atoms with Gasteiger partial charge in [0.25, 0.3) is 0 Å². The maximum Gasteiger partial charge on any atom is 0.232 e. The van der Waals surface area contributed by atoms with E-state index in [1.807, 2.05) is 20.8 Å². The molecule has 0 saturated heterocycles. The normalized spacial score (nSPS) is 11.6. The zero-order valence-electron chi connectivity index (χ0n) is 13.1. The van der Waals surface area contributed by atoms with E-state index in [4.69, 9.17) is 4.74 Å². The van der Waals surface area contributed by atoms with Gasteiger partial charge in [0, 0.05) is 11.7 Å². The summed E-state index contributed by atoms with van der Waals surface area (Å²) in [5.41, 5.74) is 0.565. The Balaban J connectivity index is 2.43. The van der Waals surface area contributed by atoms with Crippen LogP contribution in [0.5, 0.6) is 5.75 Å². The number of rotatable bonds is 10. The third kappa shape index (κ3) is 7.92. The van der Waals surface area contributed by atoms with E-state index < -0.39 is 10.0 Å². The molecule has 6 heteroatoms. The third-order valence-corrected chi connectivity index (χ3v) is 4.12. The van der Waals surface area contributed by atoms with Gasteiger partial charge in [-0.15, -0.1) is 0 Å². The highest BCUT2D eigenvalue weighted by Gasteiger charge is 2.10. The predicted molar refractivity (Wildman–Crippen MR) is 87.4 cm³/mol. The standard InChI is InChI=1S/C15H26N2O3S/c1-4-11-20-15-8-6-14(7-9-15)17-21(18,19)12-5-10-16-13(2)3/h6-9,13,16-17H,4-5,10-12H2,1-3H3. The molecule has 2 N–H and O–H groups in total. The number of benzene rings is 1. The minimum absolute atomic E-state index is 0.112. The van der Waals surface area contributed by atoms with Crippen molar-refractivity contribution >= 4 is 15.7 Å². The smallest absolute Gasteiger partial charge is 0.232 e. The summed E-state index contributed by atoms with van der Waals surface area (Å²) < 4.78 is 31.9. The quantitative estimate of drug-likeness (QED) is 0.651. The fourth-order valence-corrected chi connectivity index (χ4v) is 2.84. The van der Waals surface area contributed by atoms with Gasteiger partial charge in [0.15, 0.2) is 0 Å². The summed E-state index contributed by atoms with van der Waals surface area (Å²) in [5, 5.41) is 3.20. The van der Waals surface area contributed by atoms with Gasteiger partial charge in [-0.3, -0.25) is 4.72 Å². The molecule has 0 aliphatic heterocycles. The average Bonchev–Trinajstić information content (AvgIpc) is 2.42. The highest BCUT2D eigenvalue weighted by Crippen LogP contribution is 2.17. The van der Waals surface area contributed by atoms with Crippen LogP contribution in [0.4, 0.5) is 5.69 Å². The molecule has 0 radical (unpaired) electrons. The molecule has 1 aromatic carbocycles. The summed E-state index contributed by atoms with van der Waals surface area (Å²) in [7, 11) is -3.29. The second-order valence-corrected chi connectivity index (χ2v) is 7.10. The molecule has 0 aliphatic carbocycles. The van der Waals surface area contributed by atoms with Crippen molar-refractivity contribution in [1.82, 2.24) is 5.32 Å². The van der Waals surface area contributed by atoms with Crippen LogP contribution < -0.4 is 14.8 Å². The van der Waals surface area contributed by atoms with Crippen LogP contribution in [0.25, 0.3) is 0 Å². The first-order valence-electron chi connectivity index (χ1n) is 7.39. The minimum Gasteiger partial charge on any atom is -0.494 e. The van der Waals surface area contributed by atoms with Gasteiger partial charge in [0.1, 0.15) is 5.75 Å². The van der Waals surface area contributed by atoms with Crippen molar-refractivity contribution in [2.45, 2.75) is 39.7 Å². The van der Waals surface area contributed by atoms with Crippen LogP contribution in [-0.4, -0.2) is 33.4 Å². The van der Waals surface area contributed by atoms with Crippen molar-refractivity contribution in [3.8, 4) is 5.75 Å². The Morgan fingerprint density at radius 2 is 1.86 bits per heavy atom. The zero-order valence-corrected chi connectivity index (χ0v) is 13.9. The molecule has 0 aliphatic rings. The number of anilines is 1. The number of sulfonamides is 1. The van der Waals surface area contributed by atoms with Crippen LogP contribution in [0.2, 0.25) is 0 Å². The first-order chi connectivity index (χ1) is 9.93. The van der Waals surface area contributed by atoms with Crippen LogP contribution in [0, 0.1) is 0 Å². The maximum absolute atomic E-state index is 11.9. The van der Waals surface area contributed by atoms with Gasteiger partial charge >= 0.3 is 0 Å². The van der Waals surface area contributed by atoms with E-state index in [-0.39, 0.29) is 5.75 Å². The average molecular weight is 314 g/mol. The summed E-state index contributed by atoms with van der Waals surface area (Å²) in [6, 6.07) is 7.35. The van der Waals surface area contributed by atoms with Gasteiger partial charge in [-0.1, -0.05) is 20.8 Å². The van der Waals surface area contributed by atoms with Crippen molar-refractivity contribution in [2.75, 3.05) is 23.6 Å². The molecule has 0 fully saturated rings. The first kappa shape index (κ1) is 17.8. The Kier molecular flexibility index (Phi) is 7.53. The lowest BCUT2D eigenvalue weighted by Crippen LogP contribution is -2.26. The van der Waals surface area contributed by atoms with E-state index in [1.165, 1.54) is 0 Å². The summed E-state index contributed by atoms with van der Waals surface area (Å²) in [6.45, 7) is 7.47. The fourth-order valence-electron chi connectivity index (χ4n) is 1.72. The number of hydrogen-bond donors (Lipinski definition) is 2. The molecule has 0 aromatic heterocycles. The van der Waals surface area contributed by atoms with E-state index in [2.05, 4.69) is 10.0 Å². The van der Waals surface area contributed by atoms with E-state index in [0.29, 0.717) is 31.3 Å². The van der Waals surface area contributed by atoms with Gasteiger partial charge in [-0.05, 0) is 43.7 Å². The van der Waals surface area contributed by atoms with Crippen molar-refractivity contribution in [3.05, 3.63) is 24.3 Å². The minimum atomic E-state index is -3.29. The van der Waals surface area contributed by atoms with E-state index in [9.17, 15) is 8.42 Å². The molecular weight excluding hydrogens is 288 g/mol. The first-order valence-corrected chi connectivity index (χ1v) is 9.05. The predicted octanol–water partition coefficient (Wildman–Crippen LogP) is 2.61. The molecule has 0 atom stereocenters. The summed E-state index contributed by atoms with van der Waals surface area (Å²) in [5.74, 6) is 0.863. The molecule has 120 valence electrons. The zero-order chi connectivity index (χ0) is 15.7. The molecule has 0 bridgehead atoms. The van der Waals surface area contributed by atoms with Crippen LogP contribution in [-0.2, 0) is 10.0 Å². The Bertz CT molecular complexity index is 498. The summed E-state index contributed by atoms with van der Waals surface area (Å²) in [4.78, 5) is 0. The monoisotopic (exact) mass is 314 g/mol. The van der Waals surface area contributed by atoms with Gasteiger partial charge in [-0.2, -0.15) is 0 Å². The van der Waals surface area contributed by atoms with E-state index >= 15 is 0 Å². The summed E-state index contributed by atoms with van der Waals surface area (Å²) >= 11 is 0. The Hall–Kier alpha value is -1.27. The molecule has 1 rings (SSSR count). The lowest BCUT2D eigenvalue weighted by Gasteiger charge is -2.10. The lowest BCUT2D eigenvalue weighted by atomic mass is 10.3. The van der Waals surface area contributed by atoms with Crippen molar-refractivity contribution in [1.29, 1.82) is 0 Å². The van der Waals surface area contributed by atoms with Crippen molar-refractivity contribution in [3.63, 3.8) is 0 Å². The SMILES string of the molecule is CCCOc1ccc(NS(=O)(=O)CCCNC(C)C)cc1. The Morgan fingerprint density at radius 3 is 2.43 bits per heavy atom. The molecule has 1 aromatic rings. The molecule has 21 heavy (non-hydrogen) atoms. The van der Waals surface area contributed by atoms with E-state index in [0.717, 1.165) is 12.2 Å². The van der Waals surface area contributed by atoms with Gasteiger partial charge in [-0.25, -0.2) is 8.42 Å². The van der Waals surface area contributed by atoms with Gasteiger partial charge < -0.3 is 10.1 Å². The van der Waals surface area contributed by atoms with Gasteiger partial charge in [0.2, 0.25) is 10.0 Å². The highest BCUT2D eigenvalue weighted by molar-refractivity contribution is 7.92. The van der Waals surface area contributed by atoms with Crippen LogP contribution in [0.1, 0.15) is 33.6 Å². The third-order valence-electron chi connectivity index (χ3n) is 2.74. The van der Waals surface area contributed by atoms with Crippen LogP contribution >= 0.6 is 0 Å². The second-order valence-electron chi connectivity index (χ2n) is 5.26. The van der Waals surface area contributed by atoms with Crippen molar-refractivity contribution in [2.24, 2.45) is 0 Å². The number of nitrogens with one attached hydrogen (secondary N) is 2. The van der Waals surface area contributed by atoms with Crippen LogP contribution in [0.3, 0.4) is 0 Å². The number of hydrogen-bond acceptors (Lipinski definition) is 4. The van der Waals surface area contributed by atoms with Crippen molar-refractivity contribution < 1.29 is 13.2 Å². The second kappa shape index (κ2) is 8.89. The topological polar surface area (TPSA) is 67.4 Å². The summed E-state index contributed by atoms with van der Waals surface area (Å²) in [6.07, 6.45) is 1.53. The largest absolute Gasteiger partial charge is 0.494 e. The Morgan fingerprint density at radius 1 is 1.19 bits per heavy atom. The number of ether oxygens (including phenoxy) is 1.